The number of amides is 1. The summed E-state index contributed by atoms with van der Waals surface area (Å²) in [6, 6.07) is 8.04. The van der Waals surface area contributed by atoms with Crippen LogP contribution in [-0.2, 0) is 15.9 Å². The SMILES string of the molecule is CCCOCCc1ccc(OCCCOC(=O)N2C=CCC=C2)cc1. The summed E-state index contributed by atoms with van der Waals surface area (Å²) in [6.45, 7) is 4.52. The summed E-state index contributed by atoms with van der Waals surface area (Å²) in [5, 5.41) is 0. The predicted molar refractivity (Wildman–Crippen MR) is 97.5 cm³/mol. The Morgan fingerprint density at radius 2 is 1.80 bits per heavy atom. The number of hydrogen-bond acceptors (Lipinski definition) is 4. The van der Waals surface area contributed by atoms with E-state index < -0.39 is 0 Å². The van der Waals surface area contributed by atoms with Gasteiger partial charge in [0.25, 0.3) is 0 Å². The first-order chi connectivity index (χ1) is 12.3. The van der Waals surface area contributed by atoms with E-state index in [-0.39, 0.29) is 6.09 Å². The van der Waals surface area contributed by atoms with Gasteiger partial charge in [-0.1, -0.05) is 31.2 Å². The molecule has 1 aliphatic heterocycles. The fourth-order valence-electron chi connectivity index (χ4n) is 2.27. The Bertz CT molecular complexity index is 554. The van der Waals surface area contributed by atoms with Crippen molar-refractivity contribution >= 4 is 6.09 Å². The first-order valence-electron chi connectivity index (χ1n) is 8.87. The van der Waals surface area contributed by atoms with E-state index in [1.807, 2.05) is 24.3 Å². The number of rotatable bonds is 10. The number of benzene rings is 1. The van der Waals surface area contributed by atoms with Gasteiger partial charge >= 0.3 is 6.09 Å². The molecule has 0 N–H and O–H groups in total. The average molecular weight is 345 g/mol. The zero-order valence-electron chi connectivity index (χ0n) is 14.9. The molecule has 5 nitrogen and oxygen atoms in total. The molecule has 0 aliphatic carbocycles. The summed E-state index contributed by atoms with van der Waals surface area (Å²) in [6.07, 6.45) is 10.3. The molecule has 0 spiro atoms. The number of allylic oxidation sites excluding steroid dienone is 2. The lowest BCUT2D eigenvalue weighted by atomic mass is 10.1. The van der Waals surface area contributed by atoms with Crippen molar-refractivity contribution in [3.05, 3.63) is 54.4 Å². The maximum atomic E-state index is 11.7. The van der Waals surface area contributed by atoms with Crippen LogP contribution in [0.2, 0.25) is 0 Å². The fourth-order valence-corrected chi connectivity index (χ4v) is 2.27. The zero-order chi connectivity index (χ0) is 17.7. The molecule has 0 saturated carbocycles. The zero-order valence-corrected chi connectivity index (χ0v) is 14.9. The monoisotopic (exact) mass is 345 g/mol. The van der Waals surface area contributed by atoms with Crippen LogP contribution in [0.25, 0.3) is 0 Å². The van der Waals surface area contributed by atoms with Gasteiger partial charge in [0.05, 0.1) is 19.8 Å². The Kier molecular flexibility index (Phi) is 8.63. The molecule has 0 bridgehead atoms. The Balaban J connectivity index is 1.57. The molecular formula is C20H27NO4. The predicted octanol–water partition coefficient (Wildman–Crippen LogP) is 4.29. The summed E-state index contributed by atoms with van der Waals surface area (Å²) in [7, 11) is 0. The molecule has 0 saturated heterocycles. The van der Waals surface area contributed by atoms with Crippen LogP contribution in [0.1, 0.15) is 31.7 Å². The van der Waals surface area contributed by atoms with E-state index in [0.29, 0.717) is 19.6 Å². The highest BCUT2D eigenvalue weighted by atomic mass is 16.6. The largest absolute Gasteiger partial charge is 0.493 e. The smallest absolute Gasteiger partial charge is 0.417 e. The van der Waals surface area contributed by atoms with Gasteiger partial charge < -0.3 is 14.2 Å². The van der Waals surface area contributed by atoms with Crippen LogP contribution in [0, 0.1) is 0 Å². The van der Waals surface area contributed by atoms with Crippen molar-refractivity contribution in [3.8, 4) is 5.75 Å². The minimum Gasteiger partial charge on any atom is -0.493 e. The normalized spacial score (nSPS) is 13.1. The van der Waals surface area contributed by atoms with Crippen molar-refractivity contribution in [1.29, 1.82) is 0 Å². The topological polar surface area (TPSA) is 48.0 Å². The number of nitrogens with zero attached hydrogens (tertiary/aromatic N) is 1. The van der Waals surface area contributed by atoms with E-state index in [1.54, 1.807) is 12.4 Å². The molecule has 1 heterocycles. The van der Waals surface area contributed by atoms with Crippen LogP contribution >= 0.6 is 0 Å². The number of hydrogen-bond donors (Lipinski definition) is 0. The summed E-state index contributed by atoms with van der Waals surface area (Å²) in [4.78, 5) is 13.2. The Morgan fingerprint density at radius 1 is 1.04 bits per heavy atom. The molecule has 0 unspecified atom stereocenters. The molecule has 5 heteroatoms. The van der Waals surface area contributed by atoms with E-state index >= 15 is 0 Å². The Hall–Kier alpha value is -2.27. The van der Waals surface area contributed by atoms with Crippen molar-refractivity contribution in [2.75, 3.05) is 26.4 Å². The molecule has 1 amide bonds. The first kappa shape index (κ1) is 19.1. The number of carbonyl (C=O) groups excluding carboxylic acids is 1. The summed E-state index contributed by atoms with van der Waals surface area (Å²) < 4.78 is 16.3. The molecular weight excluding hydrogens is 318 g/mol. The first-order valence-corrected chi connectivity index (χ1v) is 8.87. The number of carbonyl (C=O) groups is 1. The summed E-state index contributed by atoms with van der Waals surface area (Å²) in [5.74, 6) is 0.825. The van der Waals surface area contributed by atoms with Gasteiger partial charge in [-0.25, -0.2) is 4.79 Å². The quantitative estimate of drug-likeness (QED) is 0.593. The fraction of sp³-hybridized carbons (Fsp3) is 0.450. The molecule has 1 aromatic rings. The van der Waals surface area contributed by atoms with Gasteiger partial charge in [0.15, 0.2) is 0 Å². The Labute approximate surface area is 149 Å². The maximum Gasteiger partial charge on any atom is 0.417 e. The van der Waals surface area contributed by atoms with Crippen molar-refractivity contribution in [2.45, 2.75) is 32.6 Å². The van der Waals surface area contributed by atoms with Crippen LogP contribution in [0.15, 0.2) is 48.8 Å². The molecule has 136 valence electrons. The molecule has 2 rings (SSSR count). The van der Waals surface area contributed by atoms with Gasteiger partial charge in [0.2, 0.25) is 0 Å². The van der Waals surface area contributed by atoms with E-state index in [9.17, 15) is 4.79 Å². The van der Waals surface area contributed by atoms with E-state index in [4.69, 9.17) is 14.2 Å². The standard InChI is InChI=1S/C20H27NO4/c1-2-14-23-17-11-18-7-9-19(10-8-18)24-15-6-16-25-20(22)21-12-4-3-5-13-21/h4-5,7-10,12-13H,2-3,6,11,14-17H2,1H3. The highest BCUT2D eigenvalue weighted by Gasteiger charge is 2.10. The summed E-state index contributed by atoms with van der Waals surface area (Å²) >= 11 is 0. The third kappa shape index (κ3) is 7.44. The van der Waals surface area contributed by atoms with Gasteiger partial charge in [-0.2, -0.15) is 0 Å². The molecule has 0 fully saturated rings. The van der Waals surface area contributed by atoms with Crippen LogP contribution < -0.4 is 4.74 Å². The van der Waals surface area contributed by atoms with Crippen LogP contribution in [0.4, 0.5) is 4.79 Å². The minimum atomic E-state index is -0.359. The number of ether oxygens (including phenoxy) is 3. The van der Waals surface area contributed by atoms with Crippen LogP contribution in [0.3, 0.4) is 0 Å². The van der Waals surface area contributed by atoms with Gasteiger partial charge in [-0.15, -0.1) is 0 Å². The van der Waals surface area contributed by atoms with Crippen molar-refractivity contribution in [1.82, 2.24) is 4.90 Å². The van der Waals surface area contributed by atoms with Gasteiger partial charge in [0.1, 0.15) is 5.75 Å². The molecule has 1 aliphatic rings. The van der Waals surface area contributed by atoms with Crippen LogP contribution in [0.5, 0.6) is 5.75 Å². The summed E-state index contributed by atoms with van der Waals surface area (Å²) in [5.41, 5.74) is 1.24. The minimum absolute atomic E-state index is 0.337. The third-order valence-corrected chi connectivity index (χ3v) is 3.60. The van der Waals surface area contributed by atoms with E-state index in [1.165, 1.54) is 10.5 Å². The lowest BCUT2D eigenvalue weighted by molar-refractivity contribution is 0.120. The van der Waals surface area contributed by atoms with Gasteiger partial charge in [0, 0.05) is 25.4 Å². The lowest BCUT2D eigenvalue weighted by Crippen LogP contribution is -2.23. The second-order valence-electron chi connectivity index (χ2n) is 5.74. The van der Waals surface area contributed by atoms with E-state index in [0.717, 1.165) is 38.2 Å². The van der Waals surface area contributed by atoms with Crippen molar-refractivity contribution in [3.63, 3.8) is 0 Å². The lowest BCUT2D eigenvalue weighted by Gasteiger charge is -2.15. The second kappa shape index (κ2) is 11.3. The van der Waals surface area contributed by atoms with Crippen LogP contribution in [-0.4, -0.2) is 37.4 Å². The molecule has 0 atom stereocenters. The van der Waals surface area contributed by atoms with Crippen molar-refractivity contribution < 1.29 is 19.0 Å². The maximum absolute atomic E-state index is 11.7. The third-order valence-electron chi connectivity index (χ3n) is 3.60. The molecule has 25 heavy (non-hydrogen) atoms. The van der Waals surface area contributed by atoms with Gasteiger partial charge in [-0.3, -0.25) is 4.90 Å². The molecule has 0 aromatic heterocycles. The highest BCUT2D eigenvalue weighted by Crippen LogP contribution is 2.13. The Morgan fingerprint density at radius 3 is 2.52 bits per heavy atom. The molecule has 0 radical (unpaired) electrons. The van der Waals surface area contributed by atoms with Crippen molar-refractivity contribution in [2.24, 2.45) is 0 Å². The van der Waals surface area contributed by atoms with Gasteiger partial charge in [-0.05, 0) is 37.0 Å². The van der Waals surface area contributed by atoms with E-state index in [2.05, 4.69) is 19.1 Å². The second-order valence-corrected chi connectivity index (χ2v) is 5.74. The average Bonchev–Trinajstić information content (AvgIpc) is 2.66. The highest BCUT2D eigenvalue weighted by molar-refractivity contribution is 5.70. The molecule has 1 aromatic carbocycles.